The van der Waals surface area contributed by atoms with Crippen LogP contribution >= 0.6 is 24.0 Å². The molecule has 3 N–H and O–H groups in total. The van der Waals surface area contributed by atoms with Crippen molar-refractivity contribution in [2.45, 2.75) is 19.9 Å². The van der Waals surface area contributed by atoms with Gasteiger partial charge in [-0.1, -0.05) is 48.5 Å². The van der Waals surface area contributed by atoms with E-state index >= 15 is 0 Å². The van der Waals surface area contributed by atoms with Gasteiger partial charge in [0.1, 0.15) is 18.2 Å². The van der Waals surface area contributed by atoms with E-state index in [1.54, 1.807) is 12.1 Å². The van der Waals surface area contributed by atoms with Gasteiger partial charge in [0.25, 0.3) is 0 Å². The molecule has 28 heavy (non-hydrogen) atoms. The molecule has 0 spiro atoms. The number of benzene rings is 2. The van der Waals surface area contributed by atoms with Crippen molar-refractivity contribution >= 4 is 29.9 Å². The number of imidazole rings is 1. The Hall–Kier alpha value is -2.42. The van der Waals surface area contributed by atoms with E-state index in [-0.39, 0.29) is 29.8 Å². The predicted octanol–water partition coefficient (Wildman–Crippen LogP) is 4.13. The first kappa shape index (κ1) is 21.9. The average Bonchev–Trinajstić information content (AvgIpc) is 3.17. The number of hydrogen-bond acceptors (Lipinski definition) is 2. The van der Waals surface area contributed by atoms with Crippen molar-refractivity contribution < 1.29 is 4.39 Å². The van der Waals surface area contributed by atoms with Crippen molar-refractivity contribution in [3.05, 3.63) is 78.0 Å². The number of aromatic amines is 1. The largest absolute Gasteiger partial charge is 0.357 e. The van der Waals surface area contributed by atoms with E-state index in [4.69, 9.17) is 0 Å². The Kier molecular flexibility index (Phi) is 8.93. The molecule has 0 aliphatic carbocycles. The summed E-state index contributed by atoms with van der Waals surface area (Å²) in [4.78, 5) is 12.2. The number of aliphatic imine (C=N–C) groups is 1. The van der Waals surface area contributed by atoms with Gasteiger partial charge in [0.05, 0.1) is 11.9 Å². The Morgan fingerprint density at radius 2 is 1.82 bits per heavy atom. The molecule has 0 radical (unpaired) electrons. The Labute approximate surface area is 181 Å². The number of guanidine groups is 1. The topological polar surface area (TPSA) is 65.1 Å². The zero-order valence-electron chi connectivity index (χ0n) is 15.8. The molecular formula is C21H25FIN5. The average molecular weight is 493 g/mol. The van der Waals surface area contributed by atoms with Gasteiger partial charge in [0, 0.05) is 13.1 Å². The van der Waals surface area contributed by atoms with Crippen molar-refractivity contribution in [2.75, 3.05) is 13.1 Å². The molecule has 2 aromatic carbocycles. The van der Waals surface area contributed by atoms with Crippen molar-refractivity contribution in [2.24, 2.45) is 4.99 Å². The van der Waals surface area contributed by atoms with Crippen LogP contribution in [0, 0.1) is 5.82 Å². The van der Waals surface area contributed by atoms with Gasteiger partial charge in [-0.25, -0.2) is 14.4 Å². The summed E-state index contributed by atoms with van der Waals surface area (Å²) in [5.41, 5.74) is 2.76. The number of aromatic nitrogens is 2. The van der Waals surface area contributed by atoms with Crippen molar-refractivity contribution in [1.29, 1.82) is 0 Å². The van der Waals surface area contributed by atoms with Crippen LogP contribution in [0.3, 0.4) is 0 Å². The third-order valence-electron chi connectivity index (χ3n) is 4.09. The van der Waals surface area contributed by atoms with E-state index in [2.05, 4.69) is 25.6 Å². The second kappa shape index (κ2) is 11.4. The van der Waals surface area contributed by atoms with Crippen molar-refractivity contribution in [1.82, 2.24) is 20.6 Å². The summed E-state index contributed by atoms with van der Waals surface area (Å²) in [5.74, 6) is 1.30. The fourth-order valence-electron chi connectivity index (χ4n) is 2.72. The lowest BCUT2D eigenvalue weighted by Crippen LogP contribution is -2.38. The molecule has 5 nitrogen and oxygen atoms in total. The minimum atomic E-state index is -0.176. The fraction of sp³-hybridized carbons (Fsp3) is 0.238. The van der Waals surface area contributed by atoms with E-state index in [0.717, 1.165) is 23.6 Å². The lowest BCUT2D eigenvalue weighted by Gasteiger charge is -2.11. The molecule has 0 saturated carbocycles. The monoisotopic (exact) mass is 493 g/mol. The highest BCUT2D eigenvalue weighted by Crippen LogP contribution is 2.16. The molecule has 0 bridgehead atoms. The summed E-state index contributed by atoms with van der Waals surface area (Å²) in [6.45, 7) is 3.79. The van der Waals surface area contributed by atoms with Gasteiger partial charge in [-0.15, -0.1) is 24.0 Å². The van der Waals surface area contributed by atoms with Gasteiger partial charge >= 0.3 is 0 Å². The number of H-pyrrole nitrogens is 1. The Bertz CT molecular complexity index is 879. The first-order valence-corrected chi connectivity index (χ1v) is 9.11. The van der Waals surface area contributed by atoms with E-state index in [1.807, 2.05) is 49.5 Å². The molecule has 3 aromatic rings. The molecule has 0 unspecified atom stereocenters. The molecular weight excluding hydrogens is 468 g/mol. The predicted molar refractivity (Wildman–Crippen MR) is 122 cm³/mol. The maximum atomic E-state index is 13.7. The highest BCUT2D eigenvalue weighted by molar-refractivity contribution is 14.0. The highest BCUT2D eigenvalue weighted by Gasteiger charge is 2.04. The summed E-state index contributed by atoms with van der Waals surface area (Å²) in [7, 11) is 0. The molecule has 0 fully saturated rings. The van der Waals surface area contributed by atoms with Crippen LogP contribution in [0.1, 0.15) is 18.3 Å². The third kappa shape index (κ3) is 6.33. The number of hydrogen-bond donors (Lipinski definition) is 3. The standard InChI is InChI=1S/C21H24FN5.HI/c1-2-23-21(24-13-12-16-8-6-7-11-18(16)22)26-15-20-25-14-19(27-20)17-9-4-3-5-10-17;/h3-11,14H,2,12-13,15H2,1H3,(H,25,27)(H2,23,24,26);1H. The Morgan fingerprint density at radius 1 is 1.07 bits per heavy atom. The summed E-state index contributed by atoms with van der Waals surface area (Å²) >= 11 is 0. The van der Waals surface area contributed by atoms with Gasteiger partial charge in [-0.05, 0) is 30.5 Å². The molecule has 0 amide bonds. The van der Waals surface area contributed by atoms with Crippen LogP contribution in [0.2, 0.25) is 0 Å². The molecule has 148 valence electrons. The van der Waals surface area contributed by atoms with Crippen LogP contribution < -0.4 is 10.6 Å². The summed E-state index contributed by atoms with van der Waals surface area (Å²) in [5, 5.41) is 6.43. The smallest absolute Gasteiger partial charge is 0.191 e. The molecule has 0 aliphatic rings. The minimum absolute atomic E-state index is 0. The maximum Gasteiger partial charge on any atom is 0.191 e. The van der Waals surface area contributed by atoms with Crippen LogP contribution in [-0.4, -0.2) is 29.0 Å². The first-order chi connectivity index (χ1) is 13.3. The lowest BCUT2D eigenvalue weighted by molar-refractivity contribution is 0.606. The van der Waals surface area contributed by atoms with Gasteiger partial charge in [0.15, 0.2) is 5.96 Å². The van der Waals surface area contributed by atoms with E-state index in [9.17, 15) is 4.39 Å². The molecule has 1 aromatic heterocycles. The third-order valence-corrected chi connectivity index (χ3v) is 4.09. The fourth-order valence-corrected chi connectivity index (χ4v) is 2.72. The van der Waals surface area contributed by atoms with Crippen molar-refractivity contribution in [3.63, 3.8) is 0 Å². The minimum Gasteiger partial charge on any atom is -0.357 e. The van der Waals surface area contributed by atoms with Crippen LogP contribution in [0.5, 0.6) is 0 Å². The number of nitrogens with one attached hydrogen (secondary N) is 3. The highest BCUT2D eigenvalue weighted by atomic mass is 127. The summed E-state index contributed by atoms with van der Waals surface area (Å²) in [6, 6.07) is 16.9. The van der Waals surface area contributed by atoms with E-state index in [1.165, 1.54) is 6.07 Å². The first-order valence-electron chi connectivity index (χ1n) is 9.11. The number of rotatable bonds is 7. The second-order valence-electron chi connectivity index (χ2n) is 6.07. The van der Waals surface area contributed by atoms with Crippen LogP contribution in [0.4, 0.5) is 4.39 Å². The Balaban J connectivity index is 0.00000280. The lowest BCUT2D eigenvalue weighted by atomic mass is 10.1. The van der Waals surface area contributed by atoms with Gasteiger partial charge in [-0.2, -0.15) is 0 Å². The molecule has 0 aliphatic heterocycles. The molecule has 7 heteroatoms. The summed E-state index contributed by atoms with van der Waals surface area (Å²) in [6.07, 6.45) is 2.41. The SMILES string of the molecule is CCNC(=NCc1ncc(-c2ccccc2)[nH]1)NCCc1ccccc1F.I. The number of nitrogens with zero attached hydrogens (tertiary/aromatic N) is 2. The second-order valence-corrected chi connectivity index (χ2v) is 6.07. The maximum absolute atomic E-state index is 13.7. The van der Waals surface area contributed by atoms with E-state index < -0.39 is 0 Å². The van der Waals surface area contributed by atoms with Crippen LogP contribution in [0.15, 0.2) is 65.8 Å². The number of halogens is 2. The quantitative estimate of drug-likeness (QED) is 0.264. The zero-order chi connectivity index (χ0) is 18.9. The molecule has 1 heterocycles. The molecule has 0 saturated heterocycles. The normalized spacial score (nSPS) is 11.0. The molecule has 3 rings (SSSR count). The summed E-state index contributed by atoms with van der Waals surface area (Å²) < 4.78 is 13.7. The van der Waals surface area contributed by atoms with Crippen molar-refractivity contribution in [3.8, 4) is 11.3 Å². The van der Waals surface area contributed by atoms with Gasteiger partial charge in [-0.3, -0.25) is 0 Å². The van der Waals surface area contributed by atoms with Crippen LogP contribution in [-0.2, 0) is 13.0 Å². The van der Waals surface area contributed by atoms with E-state index in [0.29, 0.717) is 31.0 Å². The zero-order valence-corrected chi connectivity index (χ0v) is 18.1. The van der Waals surface area contributed by atoms with Gasteiger partial charge < -0.3 is 15.6 Å². The van der Waals surface area contributed by atoms with Crippen LogP contribution in [0.25, 0.3) is 11.3 Å². The Morgan fingerprint density at radius 3 is 2.57 bits per heavy atom. The van der Waals surface area contributed by atoms with Gasteiger partial charge in [0.2, 0.25) is 0 Å². The molecule has 0 atom stereocenters.